The summed E-state index contributed by atoms with van der Waals surface area (Å²) >= 11 is 0. The predicted octanol–water partition coefficient (Wildman–Crippen LogP) is 2.99. The van der Waals surface area contributed by atoms with Crippen LogP contribution in [0.2, 0.25) is 0 Å². The van der Waals surface area contributed by atoms with Gasteiger partial charge in [-0.1, -0.05) is 23.4 Å². The van der Waals surface area contributed by atoms with Crippen molar-refractivity contribution in [2.24, 2.45) is 0 Å². The number of methoxy groups -OCH3 is 1. The van der Waals surface area contributed by atoms with Gasteiger partial charge in [0.25, 0.3) is 5.91 Å². The zero-order valence-corrected chi connectivity index (χ0v) is 19.2. The number of imidazole rings is 1. The lowest BCUT2D eigenvalue weighted by Gasteiger charge is -2.09. The largest absolute Gasteiger partial charge is 0.377 e. The number of ether oxygens (including phenoxy) is 1. The second-order valence-electron chi connectivity index (χ2n) is 7.93. The smallest absolute Gasteiger partial charge is 0.274 e. The Bertz CT molecular complexity index is 1310. The van der Waals surface area contributed by atoms with Crippen LogP contribution in [-0.2, 0) is 15.1 Å². The Labute approximate surface area is 196 Å². The third-order valence-electron chi connectivity index (χ3n) is 5.69. The first-order chi connectivity index (χ1) is 16.5. The molecular weight excluding hydrogens is 436 g/mol. The van der Waals surface area contributed by atoms with Crippen molar-refractivity contribution in [1.29, 1.82) is 0 Å². The highest BCUT2D eigenvalue weighted by atomic mass is 16.5. The van der Waals surface area contributed by atoms with Gasteiger partial charge in [0.15, 0.2) is 0 Å². The minimum Gasteiger partial charge on any atom is -0.377 e. The van der Waals surface area contributed by atoms with Gasteiger partial charge in [0.2, 0.25) is 11.7 Å². The highest BCUT2D eigenvalue weighted by Crippen LogP contribution is 2.44. The zero-order valence-electron chi connectivity index (χ0n) is 19.2. The number of pyridine rings is 1. The van der Waals surface area contributed by atoms with Crippen molar-refractivity contribution in [3.8, 4) is 11.4 Å². The second kappa shape index (κ2) is 9.94. The molecule has 0 atom stereocenters. The Morgan fingerprint density at radius 2 is 2.12 bits per heavy atom. The number of benzene rings is 1. The van der Waals surface area contributed by atoms with Crippen molar-refractivity contribution in [2.75, 3.05) is 26.1 Å². The SMILES string of the molecule is CNC1(c2nc(-c3ccc(C)c(NC(=O)c4cnc5ccccn45)c3)no2)CC1.COCC=O. The molecule has 1 aromatic carbocycles. The third kappa shape index (κ3) is 4.73. The zero-order chi connectivity index (χ0) is 24.1. The molecule has 0 unspecified atom stereocenters. The molecule has 1 aliphatic rings. The van der Waals surface area contributed by atoms with Crippen molar-refractivity contribution in [3.63, 3.8) is 0 Å². The average Bonchev–Trinajstić information content (AvgIpc) is 3.28. The number of rotatable bonds is 7. The lowest BCUT2D eigenvalue weighted by molar-refractivity contribution is -0.110. The van der Waals surface area contributed by atoms with Gasteiger partial charge in [0.05, 0.1) is 11.7 Å². The Morgan fingerprint density at radius 3 is 2.79 bits per heavy atom. The standard InChI is InChI=1S/C21H20N6O2.C3H6O2/c1-13-6-7-14(18-25-20(29-26-18)21(22-2)8-9-21)11-15(13)24-19(28)16-12-23-17-5-3-4-10-27(16)17;1-5-3-2-4/h3-7,10-12,22H,8-9H2,1-2H3,(H,24,28);2H,3H2,1H3. The van der Waals surface area contributed by atoms with Gasteiger partial charge in [0, 0.05) is 24.6 Å². The number of aldehydes is 1. The van der Waals surface area contributed by atoms with E-state index in [9.17, 15) is 9.59 Å². The molecule has 2 N–H and O–H groups in total. The Kier molecular flexibility index (Phi) is 6.80. The van der Waals surface area contributed by atoms with E-state index in [1.54, 1.807) is 10.6 Å². The van der Waals surface area contributed by atoms with Crippen LogP contribution in [0, 0.1) is 6.92 Å². The minimum atomic E-state index is -0.232. The Morgan fingerprint density at radius 1 is 1.29 bits per heavy atom. The summed E-state index contributed by atoms with van der Waals surface area (Å²) in [6, 6.07) is 11.3. The van der Waals surface area contributed by atoms with E-state index in [1.807, 2.05) is 56.6 Å². The molecule has 0 spiro atoms. The van der Waals surface area contributed by atoms with E-state index >= 15 is 0 Å². The first kappa shape index (κ1) is 23.3. The van der Waals surface area contributed by atoms with Crippen molar-refractivity contribution in [3.05, 3.63) is 65.9 Å². The van der Waals surface area contributed by atoms with Crippen LogP contribution in [0.4, 0.5) is 5.69 Å². The molecule has 3 aromatic heterocycles. The molecule has 1 fully saturated rings. The van der Waals surface area contributed by atoms with Gasteiger partial charge >= 0.3 is 0 Å². The predicted molar refractivity (Wildman–Crippen MR) is 126 cm³/mol. The lowest BCUT2D eigenvalue weighted by Crippen LogP contribution is -2.24. The van der Waals surface area contributed by atoms with Crippen LogP contribution in [0.3, 0.4) is 0 Å². The van der Waals surface area contributed by atoms with Crippen LogP contribution < -0.4 is 10.6 Å². The number of amides is 1. The number of carbonyl (C=O) groups excluding carboxylic acids is 2. The van der Waals surface area contributed by atoms with Gasteiger partial charge in [-0.3, -0.25) is 9.20 Å². The number of nitrogens with zero attached hydrogens (tertiary/aromatic N) is 4. The normalized spacial score (nSPS) is 13.7. The Hall–Kier alpha value is -3.89. The van der Waals surface area contributed by atoms with E-state index in [0.717, 1.165) is 29.6 Å². The summed E-state index contributed by atoms with van der Waals surface area (Å²) in [5.74, 6) is 0.878. The van der Waals surface area contributed by atoms with Gasteiger partial charge in [-0.15, -0.1) is 0 Å². The molecule has 0 radical (unpaired) electrons. The highest BCUT2D eigenvalue weighted by Gasteiger charge is 2.48. The number of fused-ring (bicyclic) bond motifs is 1. The van der Waals surface area contributed by atoms with E-state index in [1.165, 1.54) is 7.11 Å². The first-order valence-corrected chi connectivity index (χ1v) is 10.8. The summed E-state index contributed by atoms with van der Waals surface area (Å²) < 4.78 is 11.6. The molecule has 10 nitrogen and oxygen atoms in total. The summed E-state index contributed by atoms with van der Waals surface area (Å²) in [7, 11) is 3.38. The van der Waals surface area contributed by atoms with Crippen molar-refractivity contribution >= 4 is 23.5 Å². The molecular formula is C24H26N6O4. The molecule has 10 heteroatoms. The van der Waals surface area contributed by atoms with Gasteiger partial charge in [-0.2, -0.15) is 4.98 Å². The Balaban J connectivity index is 0.000000499. The molecule has 1 amide bonds. The van der Waals surface area contributed by atoms with E-state index in [2.05, 4.69) is 30.5 Å². The van der Waals surface area contributed by atoms with Crippen LogP contribution in [0.15, 0.2) is 53.3 Å². The molecule has 0 aliphatic heterocycles. The molecule has 0 bridgehead atoms. The van der Waals surface area contributed by atoms with E-state index in [0.29, 0.717) is 29.4 Å². The molecule has 1 aliphatic carbocycles. The van der Waals surface area contributed by atoms with Crippen molar-refractivity contribution in [1.82, 2.24) is 24.8 Å². The fourth-order valence-electron chi connectivity index (χ4n) is 3.48. The summed E-state index contributed by atoms with van der Waals surface area (Å²) in [6.07, 6.45) is 6.07. The summed E-state index contributed by atoms with van der Waals surface area (Å²) in [5.41, 5.74) is 3.42. The number of hydrogen-bond acceptors (Lipinski definition) is 8. The maximum Gasteiger partial charge on any atom is 0.274 e. The minimum absolute atomic E-state index is 0.184. The fourth-order valence-corrected chi connectivity index (χ4v) is 3.48. The third-order valence-corrected chi connectivity index (χ3v) is 5.69. The average molecular weight is 463 g/mol. The van der Waals surface area contributed by atoms with E-state index < -0.39 is 0 Å². The number of anilines is 1. The van der Waals surface area contributed by atoms with E-state index in [-0.39, 0.29) is 18.1 Å². The van der Waals surface area contributed by atoms with Crippen molar-refractivity contribution < 1.29 is 18.8 Å². The lowest BCUT2D eigenvalue weighted by atomic mass is 10.1. The number of hydrogen-bond donors (Lipinski definition) is 2. The topological polar surface area (TPSA) is 124 Å². The monoisotopic (exact) mass is 462 g/mol. The van der Waals surface area contributed by atoms with Crippen LogP contribution >= 0.6 is 0 Å². The maximum atomic E-state index is 12.8. The van der Waals surface area contributed by atoms with Gasteiger partial charge in [-0.25, -0.2) is 4.98 Å². The molecule has 3 heterocycles. The van der Waals surface area contributed by atoms with Crippen LogP contribution in [-0.4, -0.2) is 52.5 Å². The van der Waals surface area contributed by atoms with Crippen LogP contribution in [0.5, 0.6) is 0 Å². The number of carbonyl (C=O) groups is 2. The fraction of sp³-hybridized carbons (Fsp3) is 0.292. The number of aryl methyl sites for hydroxylation is 1. The molecule has 34 heavy (non-hydrogen) atoms. The van der Waals surface area contributed by atoms with Crippen molar-refractivity contribution in [2.45, 2.75) is 25.3 Å². The van der Waals surface area contributed by atoms with Gasteiger partial charge < -0.3 is 24.7 Å². The second-order valence-corrected chi connectivity index (χ2v) is 7.93. The van der Waals surface area contributed by atoms with E-state index in [4.69, 9.17) is 4.52 Å². The summed E-state index contributed by atoms with van der Waals surface area (Å²) in [4.78, 5) is 31.0. The quantitative estimate of drug-likeness (QED) is 0.402. The van der Waals surface area contributed by atoms with Gasteiger partial charge in [-0.05, 0) is 50.6 Å². The highest BCUT2D eigenvalue weighted by molar-refractivity contribution is 6.04. The number of aromatic nitrogens is 4. The maximum absolute atomic E-state index is 12.8. The molecule has 1 saturated carbocycles. The summed E-state index contributed by atoms with van der Waals surface area (Å²) in [5, 5.41) is 10.4. The van der Waals surface area contributed by atoms with Crippen LogP contribution in [0.1, 0.15) is 34.8 Å². The molecule has 5 rings (SSSR count). The molecule has 4 aromatic rings. The molecule has 0 saturated heterocycles. The summed E-state index contributed by atoms with van der Waals surface area (Å²) in [6.45, 7) is 2.15. The molecule has 176 valence electrons. The van der Waals surface area contributed by atoms with Gasteiger partial charge in [0.1, 0.15) is 24.2 Å². The number of nitrogens with one attached hydrogen (secondary N) is 2. The first-order valence-electron chi connectivity index (χ1n) is 10.8. The van der Waals surface area contributed by atoms with Crippen LogP contribution in [0.25, 0.3) is 17.0 Å².